The minimum absolute atomic E-state index is 0.0290. The molecule has 16 heavy (non-hydrogen) atoms. The minimum Gasteiger partial charge on any atom is -0.338 e. The van der Waals surface area contributed by atoms with Crippen molar-refractivity contribution in [1.29, 1.82) is 5.26 Å². The van der Waals surface area contributed by atoms with Crippen LogP contribution in [-0.4, -0.2) is 29.4 Å². The Kier molecular flexibility index (Phi) is 7.57. The second kappa shape index (κ2) is 8.12. The summed E-state index contributed by atoms with van der Waals surface area (Å²) in [5.74, 6) is -0.0290. The molecule has 0 aliphatic rings. The van der Waals surface area contributed by atoms with Gasteiger partial charge in [-0.15, -0.1) is 0 Å². The maximum absolute atomic E-state index is 12.0. The van der Waals surface area contributed by atoms with E-state index in [1.54, 1.807) is 4.90 Å². The van der Waals surface area contributed by atoms with Gasteiger partial charge in [-0.25, -0.2) is 0 Å². The molecule has 0 fully saturated rings. The van der Waals surface area contributed by atoms with Crippen molar-refractivity contribution < 1.29 is 4.79 Å². The summed E-state index contributed by atoms with van der Waals surface area (Å²) in [6.07, 6.45) is 3.10. The fourth-order valence-electron chi connectivity index (χ4n) is 1.55. The average Bonchev–Trinajstić information content (AvgIpc) is 2.25. The lowest BCUT2D eigenvalue weighted by Gasteiger charge is -2.28. The monoisotopic (exact) mass is 225 g/mol. The van der Waals surface area contributed by atoms with Crippen molar-refractivity contribution in [2.45, 2.75) is 58.5 Å². The average molecular weight is 225 g/mol. The summed E-state index contributed by atoms with van der Waals surface area (Å²) in [5.41, 5.74) is 5.84. The van der Waals surface area contributed by atoms with Crippen LogP contribution in [0.3, 0.4) is 0 Å². The highest BCUT2D eigenvalue weighted by atomic mass is 16.2. The van der Waals surface area contributed by atoms with E-state index in [4.69, 9.17) is 11.0 Å². The highest BCUT2D eigenvalue weighted by Gasteiger charge is 2.22. The number of hydrogen-bond donors (Lipinski definition) is 1. The van der Waals surface area contributed by atoms with Crippen molar-refractivity contribution >= 4 is 5.91 Å². The molecule has 0 spiro atoms. The Hall–Kier alpha value is -1.08. The maximum atomic E-state index is 12.0. The molecule has 4 nitrogen and oxygen atoms in total. The van der Waals surface area contributed by atoms with Gasteiger partial charge in [-0.1, -0.05) is 19.8 Å². The molecule has 0 aliphatic heterocycles. The number of nitriles is 1. The van der Waals surface area contributed by atoms with Crippen LogP contribution in [0, 0.1) is 11.3 Å². The van der Waals surface area contributed by atoms with E-state index in [1.165, 1.54) is 0 Å². The molecule has 1 amide bonds. The van der Waals surface area contributed by atoms with Crippen LogP contribution in [0.1, 0.15) is 46.5 Å². The SMILES string of the molecule is CCCC[C@H](N)C(=O)N(CCC#N)C(C)C. The standard InChI is InChI=1S/C12H23N3O/c1-4-5-7-11(14)12(16)15(10(2)3)9-6-8-13/h10-11H,4-7,9,14H2,1-3H3/t11-/m0/s1. The molecule has 0 aromatic carbocycles. The number of nitrogens with zero attached hydrogens (tertiary/aromatic N) is 2. The zero-order chi connectivity index (χ0) is 12.6. The van der Waals surface area contributed by atoms with Crippen molar-refractivity contribution in [3.63, 3.8) is 0 Å². The molecule has 0 unspecified atom stereocenters. The van der Waals surface area contributed by atoms with E-state index in [1.807, 2.05) is 13.8 Å². The van der Waals surface area contributed by atoms with Gasteiger partial charge < -0.3 is 10.6 Å². The molecule has 4 heteroatoms. The van der Waals surface area contributed by atoms with Gasteiger partial charge in [-0.2, -0.15) is 5.26 Å². The van der Waals surface area contributed by atoms with Gasteiger partial charge in [0.15, 0.2) is 0 Å². The molecule has 0 aliphatic carbocycles. The molecule has 0 aromatic heterocycles. The third-order valence-corrected chi connectivity index (χ3v) is 2.56. The molecular formula is C12H23N3O. The van der Waals surface area contributed by atoms with E-state index in [2.05, 4.69) is 13.0 Å². The predicted octanol–water partition coefficient (Wildman–Crippen LogP) is 1.65. The zero-order valence-electron chi connectivity index (χ0n) is 10.6. The van der Waals surface area contributed by atoms with E-state index in [-0.39, 0.29) is 11.9 Å². The molecule has 2 N–H and O–H groups in total. The van der Waals surface area contributed by atoms with Crippen molar-refractivity contribution in [3.05, 3.63) is 0 Å². The third kappa shape index (κ3) is 5.13. The van der Waals surface area contributed by atoms with E-state index in [0.717, 1.165) is 19.3 Å². The van der Waals surface area contributed by atoms with Gasteiger partial charge in [0.05, 0.1) is 18.5 Å². The van der Waals surface area contributed by atoms with Crippen LogP contribution < -0.4 is 5.73 Å². The van der Waals surface area contributed by atoms with Gasteiger partial charge in [0.1, 0.15) is 0 Å². The molecule has 0 radical (unpaired) electrons. The predicted molar refractivity (Wildman–Crippen MR) is 64.6 cm³/mol. The number of amides is 1. The van der Waals surface area contributed by atoms with Crippen LogP contribution in [0.4, 0.5) is 0 Å². The van der Waals surface area contributed by atoms with E-state index >= 15 is 0 Å². The summed E-state index contributed by atoms with van der Waals surface area (Å²) in [6, 6.07) is 1.74. The Bertz CT molecular complexity index is 245. The summed E-state index contributed by atoms with van der Waals surface area (Å²) in [4.78, 5) is 13.7. The number of rotatable bonds is 7. The highest BCUT2D eigenvalue weighted by molar-refractivity contribution is 5.81. The summed E-state index contributed by atoms with van der Waals surface area (Å²) in [6.45, 7) is 6.45. The smallest absolute Gasteiger partial charge is 0.239 e. The summed E-state index contributed by atoms with van der Waals surface area (Å²) in [5, 5.41) is 8.54. The molecule has 92 valence electrons. The Morgan fingerprint density at radius 3 is 2.56 bits per heavy atom. The van der Waals surface area contributed by atoms with Crippen LogP contribution in [0.15, 0.2) is 0 Å². The molecule has 1 atom stereocenters. The van der Waals surface area contributed by atoms with Crippen molar-refractivity contribution in [1.82, 2.24) is 4.90 Å². The number of carbonyl (C=O) groups excluding carboxylic acids is 1. The Morgan fingerprint density at radius 2 is 2.12 bits per heavy atom. The quantitative estimate of drug-likeness (QED) is 0.716. The van der Waals surface area contributed by atoms with E-state index in [9.17, 15) is 4.79 Å². The Morgan fingerprint density at radius 1 is 1.50 bits per heavy atom. The number of nitrogens with two attached hydrogens (primary N) is 1. The van der Waals surface area contributed by atoms with Gasteiger partial charge in [-0.05, 0) is 20.3 Å². The molecular weight excluding hydrogens is 202 g/mol. The van der Waals surface area contributed by atoms with Crippen molar-refractivity contribution in [2.75, 3.05) is 6.54 Å². The largest absolute Gasteiger partial charge is 0.338 e. The fourth-order valence-corrected chi connectivity index (χ4v) is 1.55. The number of unbranched alkanes of at least 4 members (excludes halogenated alkanes) is 1. The lowest BCUT2D eigenvalue weighted by atomic mass is 10.1. The second-order valence-corrected chi connectivity index (χ2v) is 4.28. The van der Waals surface area contributed by atoms with Gasteiger partial charge >= 0.3 is 0 Å². The minimum atomic E-state index is -0.416. The van der Waals surface area contributed by atoms with Crippen LogP contribution in [-0.2, 0) is 4.79 Å². The van der Waals surface area contributed by atoms with Crippen LogP contribution in [0.2, 0.25) is 0 Å². The van der Waals surface area contributed by atoms with E-state index in [0.29, 0.717) is 13.0 Å². The van der Waals surface area contributed by atoms with Crippen molar-refractivity contribution in [3.8, 4) is 6.07 Å². The Balaban J connectivity index is 4.31. The van der Waals surface area contributed by atoms with Gasteiger partial charge in [0.2, 0.25) is 5.91 Å². The number of hydrogen-bond acceptors (Lipinski definition) is 3. The highest BCUT2D eigenvalue weighted by Crippen LogP contribution is 2.07. The van der Waals surface area contributed by atoms with Gasteiger partial charge in [0.25, 0.3) is 0 Å². The van der Waals surface area contributed by atoms with Gasteiger partial charge in [0, 0.05) is 12.6 Å². The third-order valence-electron chi connectivity index (χ3n) is 2.56. The first-order valence-corrected chi connectivity index (χ1v) is 5.97. The first kappa shape index (κ1) is 14.9. The van der Waals surface area contributed by atoms with Crippen LogP contribution >= 0.6 is 0 Å². The Labute approximate surface area is 98.4 Å². The molecule has 0 rings (SSSR count). The molecule has 0 aromatic rings. The van der Waals surface area contributed by atoms with Crippen molar-refractivity contribution in [2.24, 2.45) is 5.73 Å². The van der Waals surface area contributed by atoms with Crippen LogP contribution in [0.5, 0.6) is 0 Å². The summed E-state index contributed by atoms with van der Waals surface area (Å²) < 4.78 is 0. The lowest BCUT2D eigenvalue weighted by molar-refractivity contribution is -0.134. The normalized spacial score (nSPS) is 12.2. The topological polar surface area (TPSA) is 70.1 Å². The first-order valence-electron chi connectivity index (χ1n) is 5.97. The number of carbonyl (C=O) groups is 1. The van der Waals surface area contributed by atoms with E-state index < -0.39 is 6.04 Å². The fraction of sp³-hybridized carbons (Fsp3) is 0.833. The maximum Gasteiger partial charge on any atom is 0.239 e. The molecule has 0 bridgehead atoms. The summed E-state index contributed by atoms with van der Waals surface area (Å²) in [7, 11) is 0. The zero-order valence-corrected chi connectivity index (χ0v) is 10.6. The lowest BCUT2D eigenvalue weighted by Crippen LogP contribution is -2.47. The van der Waals surface area contributed by atoms with Crippen LogP contribution in [0.25, 0.3) is 0 Å². The molecule has 0 saturated carbocycles. The summed E-state index contributed by atoms with van der Waals surface area (Å²) >= 11 is 0. The molecule has 0 heterocycles. The second-order valence-electron chi connectivity index (χ2n) is 4.28. The first-order chi connectivity index (χ1) is 7.54. The van der Waals surface area contributed by atoms with Gasteiger partial charge in [-0.3, -0.25) is 4.79 Å². The molecule has 0 saturated heterocycles.